The average molecular weight is 401 g/mol. The van der Waals surface area contributed by atoms with Gasteiger partial charge in [-0.25, -0.2) is 0 Å². The van der Waals surface area contributed by atoms with E-state index in [1.54, 1.807) is 30.3 Å². The summed E-state index contributed by atoms with van der Waals surface area (Å²) in [5.74, 6) is -1.97. The number of anilines is 2. The number of nitrogens with one attached hydrogen (secondary N) is 2. The number of halogens is 1. The van der Waals surface area contributed by atoms with Crippen LogP contribution in [0, 0.1) is 5.41 Å². The molecule has 0 aromatic heterocycles. The normalized spacial score (nSPS) is 19.2. The number of fused-ring (bicyclic) bond motifs is 2. The van der Waals surface area contributed by atoms with E-state index in [4.69, 9.17) is 21.1 Å². The lowest BCUT2D eigenvalue weighted by molar-refractivity contribution is -0.285. The van der Waals surface area contributed by atoms with Gasteiger partial charge in [-0.2, -0.15) is 0 Å². The smallest absolute Gasteiger partial charge is 0.289 e. The highest BCUT2D eigenvalue weighted by Gasteiger charge is 2.53. The summed E-state index contributed by atoms with van der Waals surface area (Å²) in [7, 11) is 0. The fourth-order valence-corrected chi connectivity index (χ4v) is 3.41. The summed E-state index contributed by atoms with van der Waals surface area (Å²) in [5, 5.41) is 6.29. The SMILES string of the molecule is CC1(C)COC2(OC1)C(=O)Nc1ccc(NC(=O)Cc3ccc(Cl)cc3)cc12. The van der Waals surface area contributed by atoms with E-state index in [2.05, 4.69) is 10.6 Å². The van der Waals surface area contributed by atoms with Crippen LogP contribution >= 0.6 is 11.6 Å². The van der Waals surface area contributed by atoms with Crippen LogP contribution in [0.25, 0.3) is 0 Å². The van der Waals surface area contributed by atoms with E-state index < -0.39 is 5.79 Å². The highest BCUT2D eigenvalue weighted by Crippen LogP contribution is 2.45. The zero-order valence-electron chi connectivity index (χ0n) is 15.7. The van der Waals surface area contributed by atoms with Crippen molar-refractivity contribution in [2.45, 2.75) is 26.1 Å². The topological polar surface area (TPSA) is 76.7 Å². The van der Waals surface area contributed by atoms with Gasteiger partial charge in [0, 0.05) is 21.7 Å². The Morgan fingerprint density at radius 2 is 1.82 bits per heavy atom. The van der Waals surface area contributed by atoms with Crippen LogP contribution in [0.3, 0.4) is 0 Å². The zero-order chi connectivity index (χ0) is 19.9. The van der Waals surface area contributed by atoms with Crippen molar-refractivity contribution in [1.82, 2.24) is 0 Å². The minimum absolute atomic E-state index is 0.166. The Morgan fingerprint density at radius 3 is 2.50 bits per heavy atom. The standard InChI is InChI=1S/C21H21ClN2O4/c1-20(2)11-27-21(28-12-20)16-10-15(7-8-17(16)24-19(21)26)23-18(25)9-13-3-5-14(22)6-4-13/h3-8,10H,9,11-12H2,1-2H3,(H,23,25)(H,24,26). The Kier molecular flexibility index (Phi) is 4.65. The van der Waals surface area contributed by atoms with Gasteiger partial charge in [-0.3, -0.25) is 9.59 Å². The van der Waals surface area contributed by atoms with Crippen LogP contribution in [0.1, 0.15) is 25.0 Å². The van der Waals surface area contributed by atoms with Crippen LogP contribution in [0.15, 0.2) is 42.5 Å². The molecule has 0 saturated carbocycles. The Balaban J connectivity index is 1.53. The number of benzene rings is 2. The molecule has 0 aliphatic carbocycles. The number of rotatable bonds is 3. The second-order valence-corrected chi connectivity index (χ2v) is 8.36. The molecule has 4 rings (SSSR count). The monoisotopic (exact) mass is 400 g/mol. The summed E-state index contributed by atoms with van der Waals surface area (Å²) in [4.78, 5) is 25.0. The molecule has 2 N–H and O–H groups in total. The first-order valence-corrected chi connectivity index (χ1v) is 9.43. The molecule has 1 fully saturated rings. The maximum Gasteiger partial charge on any atom is 0.289 e. The van der Waals surface area contributed by atoms with E-state index in [9.17, 15) is 9.59 Å². The molecule has 2 aliphatic rings. The summed E-state index contributed by atoms with van der Waals surface area (Å²) in [6, 6.07) is 12.3. The van der Waals surface area contributed by atoms with Crippen molar-refractivity contribution in [3.8, 4) is 0 Å². The Labute approximate surface area is 168 Å². The van der Waals surface area contributed by atoms with Gasteiger partial charge in [0.25, 0.3) is 11.7 Å². The van der Waals surface area contributed by atoms with E-state index in [1.807, 2.05) is 26.0 Å². The molecule has 7 heteroatoms. The van der Waals surface area contributed by atoms with Crippen molar-refractivity contribution < 1.29 is 19.1 Å². The summed E-state index contributed by atoms with van der Waals surface area (Å²) >= 11 is 5.87. The molecule has 2 aromatic rings. The van der Waals surface area contributed by atoms with E-state index in [0.717, 1.165) is 5.56 Å². The number of carbonyl (C=O) groups excluding carboxylic acids is 2. The minimum atomic E-state index is -1.46. The van der Waals surface area contributed by atoms with Crippen LogP contribution < -0.4 is 10.6 Å². The van der Waals surface area contributed by atoms with Crippen molar-refractivity contribution in [1.29, 1.82) is 0 Å². The third-order valence-corrected chi connectivity index (χ3v) is 5.07. The molecular formula is C21H21ClN2O4. The van der Waals surface area contributed by atoms with Crippen LogP contribution in [0.5, 0.6) is 0 Å². The number of hydrogen-bond acceptors (Lipinski definition) is 4. The molecule has 0 atom stereocenters. The second-order valence-electron chi connectivity index (χ2n) is 7.92. The molecule has 0 radical (unpaired) electrons. The van der Waals surface area contributed by atoms with E-state index in [0.29, 0.717) is 35.2 Å². The van der Waals surface area contributed by atoms with Crippen molar-refractivity contribution in [3.05, 3.63) is 58.6 Å². The molecule has 6 nitrogen and oxygen atoms in total. The Morgan fingerprint density at radius 1 is 1.14 bits per heavy atom. The Hall–Kier alpha value is -2.41. The third kappa shape index (κ3) is 3.51. The zero-order valence-corrected chi connectivity index (χ0v) is 16.4. The Bertz CT molecular complexity index is 930. The molecule has 146 valence electrons. The molecule has 0 bridgehead atoms. The summed E-state index contributed by atoms with van der Waals surface area (Å²) in [6.07, 6.45) is 0.220. The molecule has 28 heavy (non-hydrogen) atoms. The maximum atomic E-state index is 12.6. The fourth-order valence-electron chi connectivity index (χ4n) is 3.29. The number of ether oxygens (including phenoxy) is 2. The lowest BCUT2D eigenvalue weighted by atomic mass is 9.93. The molecule has 1 spiro atoms. The molecular weight excluding hydrogens is 380 g/mol. The third-order valence-electron chi connectivity index (χ3n) is 4.82. The number of carbonyl (C=O) groups is 2. The lowest BCUT2D eigenvalue weighted by Crippen LogP contribution is -2.49. The summed E-state index contributed by atoms with van der Waals surface area (Å²) in [5.41, 5.74) is 2.47. The van der Waals surface area contributed by atoms with Gasteiger partial charge < -0.3 is 20.1 Å². The summed E-state index contributed by atoms with van der Waals surface area (Å²) < 4.78 is 11.8. The molecule has 2 aliphatic heterocycles. The van der Waals surface area contributed by atoms with Crippen LogP contribution in [-0.2, 0) is 31.3 Å². The highest BCUT2D eigenvalue weighted by molar-refractivity contribution is 6.30. The van der Waals surface area contributed by atoms with Gasteiger partial charge in [0.05, 0.1) is 25.3 Å². The predicted molar refractivity (Wildman–Crippen MR) is 106 cm³/mol. The minimum Gasteiger partial charge on any atom is -0.338 e. The van der Waals surface area contributed by atoms with E-state index in [-0.39, 0.29) is 23.7 Å². The first-order valence-electron chi connectivity index (χ1n) is 9.06. The van der Waals surface area contributed by atoms with Gasteiger partial charge in [-0.1, -0.05) is 37.6 Å². The van der Waals surface area contributed by atoms with Gasteiger partial charge in [0.15, 0.2) is 0 Å². The summed E-state index contributed by atoms with van der Waals surface area (Å²) in [6.45, 7) is 4.82. The molecule has 2 amide bonds. The van der Waals surface area contributed by atoms with Gasteiger partial charge >= 0.3 is 0 Å². The van der Waals surface area contributed by atoms with E-state index in [1.165, 1.54) is 0 Å². The maximum absolute atomic E-state index is 12.6. The van der Waals surface area contributed by atoms with Gasteiger partial charge in [-0.05, 0) is 35.9 Å². The van der Waals surface area contributed by atoms with Gasteiger partial charge in [-0.15, -0.1) is 0 Å². The van der Waals surface area contributed by atoms with Crippen molar-refractivity contribution in [3.63, 3.8) is 0 Å². The second kappa shape index (κ2) is 6.88. The number of amides is 2. The molecule has 2 heterocycles. The fraction of sp³-hybridized carbons (Fsp3) is 0.333. The quantitative estimate of drug-likeness (QED) is 0.823. The molecule has 1 saturated heterocycles. The average Bonchev–Trinajstić information content (AvgIpc) is 2.91. The van der Waals surface area contributed by atoms with Crippen molar-refractivity contribution in [2.24, 2.45) is 5.41 Å². The van der Waals surface area contributed by atoms with Crippen LogP contribution in [-0.4, -0.2) is 25.0 Å². The first-order chi connectivity index (χ1) is 13.3. The highest BCUT2D eigenvalue weighted by atomic mass is 35.5. The largest absolute Gasteiger partial charge is 0.338 e. The molecule has 0 unspecified atom stereocenters. The predicted octanol–water partition coefficient (Wildman–Crippen LogP) is 3.70. The van der Waals surface area contributed by atoms with Crippen LogP contribution in [0.4, 0.5) is 11.4 Å². The first kappa shape index (κ1) is 18.9. The van der Waals surface area contributed by atoms with Gasteiger partial charge in [0.1, 0.15) is 0 Å². The van der Waals surface area contributed by atoms with Crippen LogP contribution in [0.2, 0.25) is 5.02 Å². The molecule has 2 aromatic carbocycles. The number of hydrogen-bond donors (Lipinski definition) is 2. The van der Waals surface area contributed by atoms with Gasteiger partial charge in [0.2, 0.25) is 5.91 Å². The lowest BCUT2D eigenvalue weighted by Gasteiger charge is -2.39. The van der Waals surface area contributed by atoms with Crippen molar-refractivity contribution >= 4 is 34.8 Å². The van der Waals surface area contributed by atoms with E-state index >= 15 is 0 Å². The van der Waals surface area contributed by atoms with Crippen molar-refractivity contribution in [2.75, 3.05) is 23.8 Å².